The predicted octanol–water partition coefficient (Wildman–Crippen LogP) is 4.20. The summed E-state index contributed by atoms with van der Waals surface area (Å²) in [4.78, 5) is 4.52. The van der Waals surface area contributed by atoms with Crippen molar-refractivity contribution in [3.8, 4) is 0 Å². The summed E-state index contributed by atoms with van der Waals surface area (Å²) in [5, 5.41) is 5.22. The van der Waals surface area contributed by atoms with Crippen molar-refractivity contribution in [1.82, 2.24) is 10.3 Å². The van der Waals surface area contributed by atoms with Crippen LogP contribution in [0.4, 0.5) is 0 Å². The minimum absolute atomic E-state index is 0.0887. The summed E-state index contributed by atoms with van der Waals surface area (Å²) in [5.41, 5.74) is 3.28. The molecule has 2 nitrogen and oxygen atoms in total. The lowest BCUT2D eigenvalue weighted by Crippen LogP contribution is -2.17. The predicted molar refractivity (Wildman–Crippen MR) is 84.1 cm³/mol. The van der Waals surface area contributed by atoms with Gasteiger partial charge in [-0.1, -0.05) is 41.9 Å². The summed E-state index contributed by atoms with van der Waals surface area (Å²) in [5.74, 6) is 0. The van der Waals surface area contributed by atoms with Crippen molar-refractivity contribution in [3.63, 3.8) is 0 Å². The van der Waals surface area contributed by atoms with Crippen molar-refractivity contribution in [2.45, 2.75) is 6.04 Å². The maximum Gasteiger partial charge on any atom is 0.0702 e. The van der Waals surface area contributed by atoms with Crippen LogP contribution in [-0.2, 0) is 0 Å². The standard InChI is InChI=1S/C17H15ClN2/c1-19-17(13-6-4-7-15(18)10-13)14-9-12-5-2-3-8-16(12)20-11-14/h2-11,17,19H,1H3. The van der Waals surface area contributed by atoms with Crippen LogP contribution in [0.1, 0.15) is 17.2 Å². The third kappa shape index (κ3) is 2.53. The number of hydrogen-bond acceptors (Lipinski definition) is 2. The molecule has 3 aromatic rings. The Kier molecular flexibility index (Phi) is 3.68. The molecular weight excluding hydrogens is 268 g/mol. The molecular formula is C17H15ClN2. The normalized spacial score (nSPS) is 12.5. The number of nitrogens with zero attached hydrogens (tertiary/aromatic N) is 1. The highest BCUT2D eigenvalue weighted by Crippen LogP contribution is 2.25. The molecule has 0 amide bonds. The summed E-state index contributed by atoms with van der Waals surface area (Å²) in [6.07, 6.45) is 1.92. The van der Waals surface area contributed by atoms with Crippen LogP contribution in [0, 0.1) is 0 Å². The van der Waals surface area contributed by atoms with Crippen LogP contribution < -0.4 is 5.32 Å². The average Bonchev–Trinajstić information content (AvgIpc) is 2.48. The quantitative estimate of drug-likeness (QED) is 0.779. The van der Waals surface area contributed by atoms with Crippen LogP contribution in [0.25, 0.3) is 10.9 Å². The Hall–Kier alpha value is -1.90. The second kappa shape index (κ2) is 5.61. The molecule has 1 unspecified atom stereocenters. The molecule has 1 atom stereocenters. The Morgan fingerprint density at radius 2 is 1.85 bits per heavy atom. The molecule has 2 aromatic carbocycles. The molecule has 0 aliphatic heterocycles. The van der Waals surface area contributed by atoms with E-state index in [9.17, 15) is 0 Å². The number of rotatable bonds is 3. The van der Waals surface area contributed by atoms with Gasteiger partial charge in [-0.15, -0.1) is 0 Å². The number of halogens is 1. The molecule has 1 aromatic heterocycles. The monoisotopic (exact) mass is 282 g/mol. The minimum Gasteiger partial charge on any atom is -0.309 e. The van der Waals surface area contributed by atoms with Gasteiger partial charge in [-0.3, -0.25) is 4.98 Å². The fraction of sp³-hybridized carbons (Fsp3) is 0.118. The molecule has 0 aliphatic rings. The Labute approximate surface area is 123 Å². The van der Waals surface area contributed by atoms with Gasteiger partial charge in [-0.25, -0.2) is 0 Å². The highest BCUT2D eigenvalue weighted by atomic mass is 35.5. The number of para-hydroxylation sites is 1. The van der Waals surface area contributed by atoms with E-state index in [0.29, 0.717) is 0 Å². The fourth-order valence-electron chi connectivity index (χ4n) is 2.46. The van der Waals surface area contributed by atoms with E-state index in [4.69, 9.17) is 11.6 Å². The zero-order valence-corrected chi connectivity index (χ0v) is 11.9. The van der Waals surface area contributed by atoms with Crippen LogP contribution in [0.5, 0.6) is 0 Å². The highest BCUT2D eigenvalue weighted by molar-refractivity contribution is 6.30. The van der Waals surface area contributed by atoms with Gasteiger partial charge in [0.25, 0.3) is 0 Å². The second-order valence-electron chi connectivity index (χ2n) is 4.74. The first kappa shape index (κ1) is 13.1. The fourth-order valence-corrected chi connectivity index (χ4v) is 2.66. The van der Waals surface area contributed by atoms with Crippen LogP contribution in [0.2, 0.25) is 5.02 Å². The summed E-state index contributed by atoms with van der Waals surface area (Å²) >= 11 is 6.09. The van der Waals surface area contributed by atoms with Crippen LogP contribution in [0.15, 0.2) is 60.8 Å². The Morgan fingerprint density at radius 3 is 2.65 bits per heavy atom. The first-order valence-electron chi connectivity index (χ1n) is 6.55. The molecule has 20 heavy (non-hydrogen) atoms. The maximum atomic E-state index is 6.09. The number of benzene rings is 2. The third-order valence-corrected chi connectivity index (χ3v) is 3.65. The third-order valence-electron chi connectivity index (χ3n) is 3.42. The van der Waals surface area contributed by atoms with Crippen molar-refractivity contribution in [2.24, 2.45) is 0 Å². The van der Waals surface area contributed by atoms with Crippen LogP contribution >= 0.6 is 11.6 Å². The molecule has 100 valence electrons. The number of pyridine rings is 1. The Balaban J connectivity index is 2.07. The second-order valence-corrected chi connectivity index (χ2v) is 5.17. The van der Waals surface area contributed by atoms with E-state index in [1.807, 2.05) is 49.6 Å². The highest BCUT2D eigenvalue weighted by Gasteiger charge is 2.13. The van der Waals surface area contributed by atoms with Gasteiger partial charge in [0.2, 0.25) is 0 Å². The molecule has 3 heteroatoms. The van der Waals surface area contributed by atoms with Gasteiger partial charge in [0.15, 0.2) is 0 Å². The topological polar surface area (TPSA) is 24.9 Å². The molecule has 3 rings (SSSR count). The van der Waals surface area contributed by atoms with Crippen molar-refractivity contribution >= 4 is 22.5 Å². The van der Waals surface area contributed by atoms with E-state index in [2.05, 4.69) is 28.5 Å². The van der Waals surface area contributed by atoms with Crippen molar-refractivity contribution in [1.29, 1.82) is 0 Å². The lowest BCUT2D eigenvalue weighted by molar-refractivity contribution is 0.690. The lowest BCUT2D eigenvalue weighted by Gasteiger charge is -2.17. The first-order chi connectivity index (χ1) is 9.78. The number of hydrogen-bond donors (Lipinski definition) is 1. The molecule has 1 heterocycles. The van der Waals surface area contributed by atoms with Crippen molar-refractivity contribution in [3.05, 3.63) is 76.9 Å². The van der Waals surface area contributed by atoms with Crippen LogP contribution in [-0.4, -0.2) is 12.0 Å². The summed E-state index contributed by atoms with van der Waals surface area (Å²) < 4.78 is 0. The Bertz CT molecular complexity index is 740. The summed E-state index contributed by atoms with van der Waals surface area (Å²) in [6.45, 7) is 0. The first-order valence-corrected chi connectivity index (χ1v) is 6.93. The lowest BCUT2D eigenvalue weighted by atomic mass is 9.99. The maximum absolute atomic E-state index is 6.09. The zero-order valence-electron chi connectivity index (χ0n) is 11.2. The molecule has 0 spiro atoms. The summed E-state index contributed by atoms with van der Waals surface area (Å²) in [7, 11) is 1.95. The van der Waals surface area contributed by atoms with E-state index in [1.165, 1.54) is 0 Å². The summed E-state index contributed by atoms with van der Waals surface area (Å²) in [6, 6.07) is 18.3. The number of aromatic nitrogens is 1. The molecule has 0 bridgehead atoms. The average molecular weight is 283 g/mol. The van der Waals surface area contributed by atoms with E-state index in [0.717, 1.165) is 27.1 Å². The van der Waals surface area contributed by atoms with E-state index in [-0.39, 0.29) is 6.04 Å². The van der Waals surface area contributed by atoms with Gasteiger partial charge in [0, 0.05) is 16.6 Å². The van der Waals surface area contributed by atoms with Gasteiger partial charge in [0.1, 0.15) is 0 Å². The van der Waals surface area contributed by atoms with Crippen LogP contribution in [0.3, 0.4) is 0 Å². The van der Waals surface area contributed by atoms with Gasteiger partial charge < -0.3 is 5.32 Å². The van der Waals surface area contributed by atoms with E-state index < -0.39 is 0 Å². The Morgan fingerprint density at radius 1 is 1.00 bits per heavy atom. The molecule has 0 radical (unpaired) electrons. The largest absolute Gasteiger partial charge is 0.309 e. The molecule has 0 fully saturated rings. The van der Waals surface area contributed by atoms with Gasteiger partial charge in [-0.2, -0.15) is 0 Å². The molecule has 0 aliphatic carbocycles. The minimum atomic E-state index is 0.0887. The molecule has 0 saturated carbocycles. The zero-order chi connectivity index (χ0) is 13.9. The van der Waals surface area contributed by atoms with Gasteiger partial charge in [0.05, 0.1) is 11.6 Å². The van der Waals surface area contributed by atoms with E-state index >= 15 is 0 Å². The SMILES string of the molecule is CNC(c1cccc(Cl)c1)c1cnc2ccccc2c1. The van der Waals surface area contributed by atoms with Crippen molar-refractivity contribution < 1.29 is 0 Å². The van der Waals surface area contributed by atoms with Gasteiger partial charge >= 0.3 is 0 Å². The van der Waals surface area contributed by atoms with Crippen molar-refractivity contribution in [2.75, 3.05) is 7.05 Å². The van der Waals surface area contributed by atoms with Gasteiger partial charge in [-0.05, 0) is 42.4 Å². The molecule has 1 N–H and O–H groups in total. The molecule has 0 saturated heterocycles. The number of fused-ring (bicyclic) bond motifs is 1. The number of nitrogens with one attached hydrogen (secondary N) is 1. The smallest absolute Gasteiger partial charge is 0.0702 e. The van der Waals surface area contributed by atoms with E-state index in [1.54, 1.807) is 0 Å².